The van der Waals surface area contributed by atoms with Crippen LogP contribution in [0.15, 0.2) is 72.8 Å². The highest BCUT2D eigenvalue weighted by Gasteiger charge is 2.59. The van der Waals surface area contributed by atoms with E-state index in [2.05, 4.69) is 0 Å². The van der Waals surface area contributed by atoms with E-state index < -0.39 is 367 Å². The monoisotopic (exact) mass is 1710 g/mol. The average Bonchev–Trinajstić information content (AvgIpc) is 0.702. The first kappa shape index (κ1) is 82.7. The second kappa shape index (κ2) is 30.4. The lowest BCUT2D eigenvalue weighted by molar-refractivity contribution is -0.282. The van der Waals surface area contributed by atoms with E-state index in [1.807, 2.05) is 0 Å². The summed E-state index contributed by atoms with van der Waals surface area (Å²) in [5.41, 5.74) is -20.5. The van der Waals surface area contributed by atoms with Crippen molar-refractivity contribution in [2.75, 3.05) is 13.2 Å². The van der Waals surface area contributed by atoms with E-state index in [4.69, 9.17) is 47.4 Å². The average molecular weight is 1710 g/mol. The molecule has 47 nitrogen and oxygen atoms in total. The largest absolute Gasteiger partial charge is 0.504 e. The van der Waals surface area contributed by atoms with Crippen LogP contribution in [0.2, 0.25) is 0 Å². The number of benzene rings is 9. The third-order valence-electron chi connectivity index (χ3n) is 19.3. The van der Waals surface area contributed by atoms with Gasteiger partial charge in [-0.1, -0.05) is 0 Å². The van der Waals surface area contributed by atoms with Crippen LogP contribution >= 0.6 is 0 Å². The highest BCUT2D eigenvalue weighted by atomic mass is 16.8. The maximum absolute atomic E-state index is 16.3. The number of esters is 9. The molecular weight excluding hydrogens is 1650 g/mol. The number of carbonyl (C=O) groups excluding carboxylic acids is 9. The standard InChI is InChI=1S/C75H54O47/c76-23-1-15(2-24(77)45(23)89)66(104)114-14-36-61(64(119-67(105)16-3-25(78)46(90)26(79)4-16)65(121-68(106)17-5-27(80)47(91)28(81)6-17)75(115-36)122-69(107)18-7-29(82)48(92)30(83)8-18)117-72(110)22-12-34(87)52(96)56(100)40(22)43-42-44-41(57(101)59(103)58(42)102)39-21(11-33(86)51(95)55(39)99)73(111)120-63(62(43)118-74(44)112)60-35(88)13-113-70(108)19-9-31(84)49(93)53(97)37(19)38-20(71(109)116-60)10-32(85)50(94)54(38)98/h1-12,35-36,43,60-65,75-103H,13-14H2/t35-,36-,43-,60+,61-,62-,63-,64+,65-,75+/m1/s1. The lowest BCUT2D eigenvalue weighted by atomic mass is 9.73. The number of cyclic esters (lactones) is 3. The Morgan fingerprint density at radius 1 is 0.303 bits per heavy atom. The Balaban J connectivity index is 1.07. The summed E-state index contributed by atoms with van der Waals surface area (Å²) in [7, 11) is 0. The highest BCUT2D eigenvalue weighted by molar-refractivity contribution is 6.12. The second-order valence-corrected chi connectivity index (χ2v) is 26.7. The van der Waals surface area contributed by atoms with Gasteiger partial charge in [0.05, 0.1) is 56.0 Å². The van der Waals surface area contributed by atoms with Crippen LogP contribution in [-0.4, -0.2) is 265 Å². The SMILES string of the molecule is O=C(OC[C@H]1O[C@@H](OC(=O)c2cc(O)c(O)c(O)c2)[C@H](OC(=O)c2cc(O)c(O)c(O)c2)[C@@H](OC(=O)c2cc(O)c(O)c(O)c2)[C@@H]1OC(=O)c1cc(O)c(O)c(O)c1[C@@H]1c2c(O)c(O)c(O)c3c2C(=O)O[C@H]1[C@@H]([C@H]1OC(=O)c2cc(O)c(O)c(O)c2-c2c(cc(O)c(O)c2O)C(=O)OC[C@H]1O)OC(=O)c1cc(O)c(O)c(O)c1-3)c1cc(O)c(O)c(O)c1. The van der Waals surface area contributed by atoms with Crippen LogP contribution in [0.25, 0.3) is 22.3 Å². The molecule has 122 heavy (non-hydrogen) atoms. The molecular formula is C75H54O47. The van der Waals surface area contributed by atoms with Gasteiger partial charge >= 0.3 is 53.7 Å². The van der Waals surface area contributed by atoms with Crippen molar-refractivity contribution in [2.45, 2.75) is 61.0 Å². The van der Waals surface area contributed by atoms with Gasteiger partial charge in [0.1, 0.15) is 25.4 Å². The second-order valence-electron chi connectivity index (χ2n) is 26.7. The lowest BCUT2D eigenvalue weighted by Crippen LogP contribution is -2.63. The van der Waals surface area contributed by atoms with Gasteiger partial charge in [0.15, 0.2) is 157 Å². The van der Waals surface area contributed by atoms with Crippen LogP contribution in [0.4, 0.5) is 0 Å². The number of ether oxygens (including phenoxy) is 10. The van der Waals surface area contributed by atoms with Crippen LogP contribution in [-0.2, 0) is 47.4 Å². The summed E-state index contributed by atoms with van der Waals surface area (Å²) in [6.45, 7) is -3.47. The predicted octanol–water partition coefficient (Wildman–Crippen LogP) is 2.45. The minimum absolute atomic E-state index is 0.0159. The fourth-order valence-corrected chi connectivity index (χ4v) is 13.6. The van der Waals surface area contributed by atoms with Crippen molar-refractivity contribution in [3.63, 3.8) is 0 Å². The smallest absolute Gasteiger partial charge is 0.340 e. The molecule has 0 aliphatic carbocycles. The zero-order valence-corrected chi connectivity index (χ0v) is 59.9. The first-order valence-electron chi connectivity index (χ1n) is 33.9. The minimum Gasteiger partial charge on any atom is -0.504 e. The topological polar surface area (TPSA) is 812 Å². The first-order valence-corrected chi connectivity index (χ1v) is 33.9. The normalized spacial score (nSPS) is 19.7. The molecule has 0 spiro atoms. The Labute approximate surface area is 670 Å². The number of carbonyl (C=O) groups is 9. The molecule has 9 aromatic rings. The van der Waals surface area contributed by atoms with Gasteiger partial charge in [-0.05, 0) is 72.8 Å². The fraction of sp³-hybridized carbons (Fsp3) is 0.160. The quantitative estimate of drug-likeness (QED) is 0.0448. The molecule has 1 saturated heterocycles. The molecule has 4 aliphatic heterocycles. The molecule has 4 aliphatic rings. The molecule has 28 N–H and O–H groups in total. The first-order chi connectivity index (χ1) is 57.3. The molecule has 2 bridgehead atoms. The minimum atomic E-state index is -3.32. The van der Waals surface area contributed by atoms with E-state index in [9.17, 15) is 167 Å². The Hall–Kier alpha value is -17.3. The summed E-state index contributed by atoms with van der Waals surface area (Å²) in [6, 6.07) is 3.71. The summed E-state index contributed by atoms with van der Waals surface area (Å²) >= 11 is 0. The van der Waals surface area contributed by atoms with Gasteiger partial charge in [-0.25, -0.2) is 43.2 Å². The summed E-state index contributed by atoms with van der Waals surface area (Å²) in [5.74, 6) is -63.3. The number of phenolic OH excluding ortho intramolecular Hbond substituents is 27. The zero-order valence-electron chi connectivity index (χ0n) is 59.9. The van der Waals surface area contributed by atoms with Crippen molar-refractivity contribution >= 4 is 53.7 Å². The molecule has 1 fully saturated rings. The Morgan fingerprint density at radius 3 is 1.08 bits per heavy atom. The van der Waals surface area contributed by atoms with E-state index in [0.29, 0.717) is 54.6 Å². The van der Waals surface area contributed by atoms with Crippen molar-refractivity contribution in [2.24, 2.45) is 0 Å². The van der Waals surface area contributed by atoms with E-state index in [0.717, 1.165) is 0 Å². The summed E-state index contributed by atoms with van der Waals surface area (Å²) in [5, 5.41) is 311. The molecule has 0 radical (unpaired) electrons. The van der Waals surface area contributed by atoms with E-state index in [1.165, 1.54) is 0 Å². The van der Waals surface area contributed by atoms with E-state index in [-0.39, 0.29) is 18.2 Å². The molecule has 0 aromatic heterocycles. The highest BCUT2D eigenvalue weighted by Crippen LogP contribution is 2.62. The Bertz CT molecular complexity index is 5990. The molecule has 636 valence electrons. The van der Waals surface area contributed by atoms with Gasteiger partial charge in [0.2, 0.25) is 41.1 Å². The van der Waals surface area contributed by atoms with Crippen LogP contribution in [0.5, 0.6) is 155 Å². The van der Waals surface area contributed by atoms with Crippen LogP contribution in [0, 0.1) is 0 Å². The van der Waals surface area contributed by atoms with Gasteiger partial charge in [-0.15, -0.1) is 0 Å². The van der Waals surface area contributed by atoms with Crippen molar-refractivity contribution < 1.29 is 234 Å². The number of rotatable bonds is 13. The predicted molar refractivity (Wildman–Crippen MR) is 379 cm³/mol. The zero-order chi connectivity index (χ0) is 89.2. The number of phenols is 27. The van der Waals surface area contributed by atoms with Gasteiger partial charge in [-0.2, -0.15) is 0 Å². The summed E-state index contributed by atoms with van der Waals surface area (Å²) in [4.78, 5) is 135. The summed E-state index contributed by atoms with van der Waals surface area (Å²) < 4.78 is 57.3. The lowest BCUT2D eigenvalue weighted by Gasteiger charge is -2.44. The Morgan fingerprint density at radius 2 is 0.639 bits per heavy atom. The van der Waals surface area contributed by atoms with Crippen LogP contribution in [0.1, 0.15) is 110 Å². The number of hydrogen-bond acceptors (Lipinski definition) is 47. The number of aliphatic hydroxyl groups excluding tert-OH is 1. The van der Waals surface area contributed by atoms with Crippen molar-refractivity contribution in [3.8, 4) is 177 Å². The molecule has 0 unspecified atom stereocenters. The summed E-state index contributed by atoms with van der Waals surface area (Å²) in [6.07, 6.45) is -27.9. The number of fused-ring (bicyclic) bond motifs is 7. The molecule has 9 aromatic carbocycles. The molecule has 13 rings (SSSR count). The van der Waals surface area contributed by atoms with Crippen molar-refractivity contribution in [1.82, 2.24) is 0 Å². The van der Waals surface area contributed by atoms with Gasteiger partial charge in [0.25, 0.3) is 0 Å². The molecule has 0 saturated carbocycles. The molecule has 10 atom stereocenters. The number of aromatic hydroxyl groups is 27. The molecule has 0 amide bonds. The van der Waals surface area contributed by atoms with Crippen LogP contribution in [0.3, 0.4) is 0 Å². The van der Waals surface area contributed by atoms with Gasteiger partial charge in [0, 0.05) is 33.4 Å². The van der Waals surface area contributed by atoms with Crippen LogP contribution < -0.4 is 0 Å². The van der Waals surface area contributed by atoms with E-state index in [1.54, 1.807) is 0 Å². The third kappa shape index (κ3) is 13.9. The fourth-order valence-electron chi connectivity index (χ4n) is 13.6. The van der Waals surface area contributed by atoms with Crippen molar-refractivity contribution in [3.05, 3.63) is 134 Å². The number of hydrogen-bond donors (Lipinski definition) is 28. The van der Waals surface area contributed by atoms with Gasteiger partial charge < -0.3 is 190 Å². The molecule has 4 heterocycles. The Kier molecular flexibility index (Phi) is 20.6. The van der Waals surface area contributed by atoms with Gasteiger partial charge in [-0.3, -0.25) is 0 Å². The molecule has 47 heteroatoms. The maximum Gasteiger partial charge on any atom is 0.340 e. The number of aliphatic hydroxyl groups is 1. The third-order valence-corrected chi connectivity index (χ3v) is 19.3. The van der Waals surface area contributed by atoms with E-state index >= 15 is 19.2 Å². The van der Waals surface area contributed by atoms with Crippen molar-refractivity contribution in [1.29, 1.82) is 0 Å². The maximum atomic E-state index is 16.3.